The fourth-order valence-corrected chi connectivity index (χ4v) is 4.71. The van der Waals surface area contributed by atoms with Crippen LogP contribution in [-0.4, -0.2) is 30.2 Å². The van der Waals surface area contributed by atoms with E-state index in [4.69, 9.17) is 13.9 Å². The normalized spacial score (nSPS) is 15.8. The number of allylic oxidation sites excluding steroid dienone is 1. The van der Waals surface area contributed by atoms with E-state index in [1.165, 1.54) is 23.0 Å². The molecule has 0 N–H and O–H groups in total. The monoisotopic (exact) mass is 466 g/mol. The van der Waals surface area contributed by atoms with Gasteiger partial charge in [0.25, 0.3) is 5.56 Å². The van der Waals surface area contributed by atoms with Gasteiger partial charge in [0.15, 0.2) is 4.80 Å². The number of aromatic nitrogens is 1. The zero-order valence-corrected chi connectivity index (χ0v) is 19.4. The Hall–Kier alpha value is -3.72. The molecule has 0 fully saturated rings. The number of thiazole rings is 1. The van der Waals surface area contributed by atoms with Gasteiger partial charge in [-0.25, -0.2) is 14.6 Å². The molecule has 1 aliphatic rings. The highest BCUT2D eigenvalue weighted by molar-refractivity contribution is 7.07. The number of furan rings is 1. The Labute approximate surface area is 193 Å². The van der Waals surface area contributed by atoms with Crippen LogP contribution >= 0.6 is 11.3 Å². The van der Waals surface area contributed by atoms with Crippen molar-refractivity contribution in [3.63, 3.8) is 0 Å². The van der Waals surface area contributed by atoms with Crippen molar-refractivity contribution >= 4 is 29.4 Å². The Balaban J connectivity index is 1.92. The van der Waals surface area contributed by atoms with Gasteiger partial charge in [0, 0.05) is 6.08 Å². The highest BCUT2D eigenvalue weighted by Crippen LogP contribution is 2.31. The first-order valence-corrected chi connectivity index (χ1v) is 11.1. The predicted molar refractivity (Wildman–Crippen MR) is 122 cm³/mol. The molecule has 0 bridgehead atoms. The summed E-state index contributed by atoms with van der Waals surface area (Å²) in [6, 6.07) is 9.43. The smallest absolute Gasteiger partial charge is 0.338 e. The molecule has 0 amide bonds. The Morgan fingerprint density at radius 3 is 2.48 bits per heavy atom. The molecule has 1 aliphatic heterocycles. The number of methoxy groups -OCH3 is 1. The zero-order valence-electron chi connectivity index (χ0n) is 18.6. The van der Waals surface area contributed by atoms with E-state index >= 15 is 0 Å². The lowest BCUT2D eigenvalue weighted by molar-refractivity contribution is -0.139. The van der Waals surface area contributed by atoms with Crippen molar-refractivity contribution in [3.8, 4) is 0 Å². The summed E-state index contributed by atoms with van der Waals surface area (Å²) in [4.78, 5) is 43.2. The second-order valence-corrected chi connectivity index (χ2v) is 8.37. The highest BCUT2D eigenvalue weighted by Gasteiger charge is 2.33. The molecule has 33 heavy (non-hydrogen) atoms. The Morgan fingerprint density at radius 1 is 1.15 bits per heavy atom. The van der Waals surface area contributed by atoms with Crippen LogP contribution in [0.2, 0.25) is 0 Å². The Morgan fingerprint density at radius 2 is 1.88 bits per heavy atom. The molecule has 2 aromatic heterocycles. The van der Waals surface area contributed by atoms with Crippen LogP contribution < -0.4 is 14.9 Å². The third-order valence-corrected chi connectivity index (χ3v) is 6.18. The van der Waals surface area contributed by atoms with Crippen molar-refractivity contribution in [1.82, 2.24) is 4.57 Å². The minimum atomic E-state index is -0.757. The summed E-state index contributed by atoms with van der Waals surface area (Å²) in [6.45, 7) is 5.45. The van der Waals surface area contributed by atoms with Crippen molar-refractivity contribution in [3.05, 3.63) is 90.0 Å². The number of ether oxygens (including phenoxy) is 2. The van der Waals surface area contributed by atoms with Crippen LogP contribution in [-0.2, 0) is 14.3 Å². The number of rotatable bonds is 5. The molecule has 3 aromatic rings. The largest absolute Gasteiger partial charge is 0.465 e. The van der Waals surface area contributed by atoms with Crippen molar-refractivity contribution in [2.24, 2.45) is 4.99 Å². The molecule has 0 unspecified atom stereocenters. The molecular weight excluding hydrogens is 444 g/mol. The van der Waals surface area contributed by atoms with Crippen LogP contribution in [0.1, 0.15) is 47.3 Å². The molecule has 1 atom stereocenters. The number of esters is 2. The summed E-state index contributed by atoms with van der Waals surface area (Å²) in [5.41, 5.74) is 1.44. The third kappa shape index (κ3) is 4.19. The second-order valence-electron chi connectivity index (χ2n) is 7.36. The molecule has 0 saturated heterocycles. The number of fused-ring (bicyclic) bond motifs is 1. The summed E-state index contributed by atoms with van der Waals surface area (Å²) >= 11 is 1.21. The first-order chi connectivity index (χ1) is 15.8. The first kappa shape index (κ1) is 22.5. The average molecular weight is 467 g/mol. The Kier molecular flexibility index (Phi) is 6.15. The zero-order chi connectivity index (χ0) is 23.7. The summed E-state index contributed by atoms with van der Waals surface area (Å²) in [6.07, 6.45) is 1.66. The van der Waals surface area contributed by atoms with Crippen molar-refractivity contribution in [2.45, 2.75) is 26.8 Å². The van der Waals surface area contributed by atoms with E-state index in [2.05, 4.69) is 4.99 Å². The van der Waals surface area contributed by atoms with Crippen molar-refractivity contribution in [1.29, 1.82) is 0 Å². The van der Waals surface area contributed by atoms with Crippen molar-refractivity contribution in [2.75, 3.05) is 13.7 Å². The molecular formula is C24H22N2O6S. The van der Waals surface area contributed by atoms with Gasteiger partial charge in [-0.1, -0.05) is 23.5 Å². The summed E-state index contributed by atoms with van der Waals surface area (Å²) in [7, 11) is 1.31. The molecule has 9 heteroatoms. The van der Waals surface area contributed by atoms with E-state index in [-0.39, 0.29) is 17.7 Å². The molecule has 8 nitrogen and oxygen atoms in total. The average Bonchev–Trinajstić information content (AvgIpc) is 3.34. The van der Waals surface area contributed by atoms with Gasteiger partial charge < -0.3 is 13.9 Å². The summed E-state index contributed by atoms with van der Waals surface area (Å²) in [5, 5.41) is 0. The number of carbonyl (C=O) groups excluding carboxylic acids is 2. The molecule has 170 valence electrons. The van der Waals surface area contributed by atoms with Crippen LogP contribution in [0.5, 0.6) is 0 Å². The lowest BCUT2D eigenvalue weighted by atomic mass is 9.95. The molecule has 0 radical (unpaired) electrons. The maximum Gasteiger partial charge on any atom is 0.338 e. The van der Waals surface area contributed by atoms with E-state index in [0.717, 1.165) is 5.76 Å². The summed E-state index contributed by atoms with van der Waals surface area (Å²) in [5.74, 6) is 0.268. The van der Waals surface area contributed by atoms with Crippen molar-refractivity contribution < 1.29 is 23.5 Å². The van der Waals surface area contributed by atoms with E-state index in [9.17, 15) is 14.4 Å². The topological polar surface area (TPSA) is 100 Å². The van der Waals surface area contributed by atoms with Gasteiger partial charge in [0.2, 0.25) is 0 Å². The summed E-state index contributed by atoms with van der Waals surface area (Å²) < 4.78 is 17.5. The quantitative estimate of drug-likeness (QED) is 0.536. The number of carbonyl (C=O) groups is 2. The number of nitrogens with zero attached hydrogens (tertiary/aromatic N) is 2. The van der Waals surface area contributed by atoms with Gasteiger partial charge >= 0.3 is 11.9 Å². The maximum atomic E-state index is 13.5. The molecule has 3 heterocycles. The highest BCUT2D eigenvalue weighted by atomic mass is 32.1. The van der Waals surface area contributed by atoms with Crippen LogP contribution in [0.3, 0.4) is 0 Å². The minimum Gasteiger partial charge on any atom is -0.465 e. The standard InChI is InChI=1S/C24H22N2O6S/c1-5-31-23(29)19-14(3)25-24-26(20(19)15-7-9-16(10-8-15)22(28)30-4)21(27)18(33-24)12-17-11-6-13(2)32-17/h6-12,20H,5H2,1-4H3/b18-12+/t20-/m1/s1. The predicted octanol–water partition coefficient (Wildman–Crippen LogP) is 2.49. The molecule has 0 aliphatic carbocycles. The molecule has 0 saturated carbocycles. The number of aryl methyl sites for hydroxylation is 1. The molecule has 1 aromatic carbocycles. The maximum absolute atomic E-state index is 13.5. The van der Waals surface area contributed by atoms with Crippen LogP contribution in [0.4, 0.5) is 0 Å². The number of hydrogen-bond donors (Lipinski definition) is 0. The first-order valence-electron chi connectivity index (χ1n) is 10.3. The van der Waals surface area contributed by atoms with Crippen LogP contribution in [0, 0.1) is 6.92 Å². The second kappa shape index (κ2) is 9.03. The third-order valence-electron chi connectivity index (χ3n) is 5.20. The van der Waals surface area contributed by atoms with Crippen LogP contribution in [0.25, 0.3) is 6.08 Å². The van der Waals surface area contributed by atoms with Gasteiger partial charge in [-0.05, 0) is 50.6 Å². The van der Waals surface area contributed by atoms with E-state index in [1.54, 1.807) is 50.3 Å². The fraction of sp³-hybridized carbons (Fsp3) is 0.250. The van der Waals surface area contributed by atoms with Gasteiger partial charge in [-0.2, -0.15) is 0 Å². The van der Waals surface area contributed by atoms with E-state index < -0.39 is 18.0 Å². The number of benzene rings is 1. The lowest BCUT2D eigenvalue weighted by Gasteiger charge is -2.24. The van der Waals surface area contributed by atoms with Gasteiger partial charge in [-0.3, -0.25) is 9.36 Å². The molecule has 0 spiro atoms. The van der Waals surface area contributed by atoms with Gasteiger partial charge in [-0.15, -0.1) is 0 Å². The van der Waals surface area contributed by atoms with Gasteiger partial charge in [0.05, 0.1) is 41.1 Å². The fourth-order valence-electron chi connectivity index (χ4n) is 3.69. The van der Waals surface area contributed by atoms with Crippen LogP contribution in [0.15, 0.2) is 61.9 Å². The van der Waals surface area contributed by atoms with Gasteiger partial charge in [0.1, 0.15) is 11.5 Å². The van der Waals surface area contributed by atoms with E-state index in [1.807, 2.05) is 13.0 Å². The van der Waals surface area contributed by atoms with E-state index in [0.29, 0.717) is 31.9 Å². The Bertz CT molecular complexity index is 1440. The minimum absolute atomic E-state index is 0.186. The number of hydrogen-bond acceptors (Lipinski definition) is 8. The SMILES string of the molecule is CCOC(=O)C1=C(C)N=c2s/c(=C/c3ccc(C)o3)c(=O)n2[C@@H]1c1ccc(C(=O)OC)cc1. The molecule has 4 rings (SSSR count). The lowest BCUT2D eigenvalue weighted by Crippen LogP contribution is -2.39.